The van der Waals surface area contributed by atoms with Gasteiger partial charge in [0.1, 0.15) is 35.4 Å². The van der Waals surface area contributed by atoms with Crippen LogP contribution in [0.3, 0.4) is 0 Å². The van der Waals surface area contributed by atoms with Crippen molar-refractivity contribution in [3.05, 3.63) is 29.3 Å². The number of fused-ring (bicyclic) bond motifs is 1. The molecule has 0 bridgehead atoms. The van der Waals surface area contributed by atoms with Crippen LogP contribution in [0.1, 0.15) is 22.0 Å². The highest BCUT2D eigenvalue weighted by atomic mass is 32.2. The van der Waals surface area contributed by atoms with Gasteiger partial charge in [0.15, 0.2) is 0 Å². The van der Waals surface area contributed by atoms with Gasteiger partial charge >= 0.3 is 0 Å². The second kappa shape index (κ2) is 5.51. The largest absolute Gasteiger partial charge is 0.394 e. The summed E-state index contributed by atoms with van der Waals surface area (Å²) in [5.41, 5.74) is -0.128. The first-order chi connectivity index (χ1) is 10.8. The Morgan fingerprint density at radius 3 is 2.48 bits per heavy atom. The molecule has 23 heavy (non-hydrogen) atoms. The Morgan fingerprint density at radius 1 is 1.13 bits per heavy atom. The second-order valence-corrected chi connectivity index (χ2v) is 7.03. The van der Waals surface area contributed by atoms with E-state index in [1.807, 2.05) is 4.72 Å². The lowest BCUT2D eigenvalue weighted by Gasteiger charge is -2.40. The molecule has 1 fully saturated rings. The van der Waals surface area contributed by atoms with Gasteiger partial charge in [-0.1, -0.05) is 12.1 Å². The zero-order valence-electron chi connectivity index (χ0n) is 11.7. The van der Waals surface area contributed by atoms with Gasteiger partial charge in [-0.05, 0) is 6.07 Å². The summed E-state index contributed by atoms with van der Waals surface area (Å²) in [7, 11) is -4.11. The van der Waals surface area contributed by atoms with Crippen LogP contribution in [0.25, 0.3) is 0 Å². The molecule has 0 spiro atoms. The summed E-state index contributed by atoms with van der Waals surface area (Å²) in [5.74, 6) is -0.800. The average Bonchev–Trinajstić information content (AvgIpc) is 2.75. The fourth-order valence-electron chi connectivity index (χ4n) is 2.84. The van der Waals surface area contributed by atoms with E-state index in [9.17, 15) is 33.6 Å². The van der Waals surface area contributed by atoms with Gasteiger partial charge < -0.3 is 25.2 Å². The van der Waals surface area contributed by atoms with Crippen molar-refractivity contribution in [3.8, 4) is 0 Å². The van der Waals surface area contributed by atoms with E-state index in [-0.39, 0.29) is 16.0 Å². The number of benzene rings is 1. The molecule has 5 atom stereocenters. The summed E-state index contributed by atoms with van der Waals surface area (Å²) >= 11 is 0. The maximum Gasteiger partial charge on any atom is 0.266 e. The van der Waals surface area contributed by atoms with Crippen molar-refractivity contribution in [3.63, 3.8) is 0 Å². The van der Waals surface area contributed by atoms with E-state index in [4.69, 9.17) is 4.74 Å². The van der Waals surface area contributed by atoms with Gasteiger partial charge in [-0.3, -0.25) is 4.79 Å². The molecular formula is C13H15NO8S. The lowest BCUT2D eigenvalue weighted by Crippen LogP contribution is -2.55. The second-order valence-electron chi connectivity index (χ2n) is 5.41. The lowest BCUT2D eigenvalue weighted by molar-refractivity contribution is -0.232. The van der Waals surface area contributed by atoms with Crippen molar-refractivity contribution in [2.75, 3.05) is 6.61 Å². The highest BCUT2D eigenvalue weighted by Crippen LogP contribution is 2.38. The van der Waals surface area contributed by atoms with Gasteiger partial charge in [-0.15, -0.1) is 0 Å². The monoisotopic (exact) mass is 345 g/mol. The molecule has 0 aliphatic carbocycles. The van der Waals surface area contributed by atoms with Crippen LogP contribution < -0.4 is 4.72 Å². The van der Waals surface area contributed by atoms with Crippen molar-refractivity contribution in [2.45, 2.75) is 35.4 Å². The van der Waals surface area contributed by atoms with Gasteiger partial charge in [0.05, 0.1) is 12.2 Å². The molecule has 0 aromatic heterocycles. The Balaban J connectivity index is 2.11. The third-order valence-electron chi connectivity index (χ3n) is 3.98. The van der Waals surface area contributed by atoms with Crippen LogP contribution in [0.4, 0.5) is 0 Å². The molecule has 1 saturated heterocycles. The van der Waals surface area contributed by atoms with Gasteiger partial charge in [-0.2, -0.15) is 0 Å². The van der Waals surface area contributed by atoms with Crippen molar-refractivity contribution in [1.82, 2.24) is 4.72 Å². The first-order valence-corrected chi connectivity index (χ1v) is 8.27. The van der Waals surface area contributed by atoms with Crippen molar-refractivity contribution >= 4 is 15.9 Å². The van der Waals surface area contributed by atoms with Gasteiger partial charge in [0.25, 0.3) is 15.9 Å². The van der Waals surface area contributed by atoms with E-state index < -0.39 is 53.1 Å². The normalized spacial score (nSPS) is 35.7. The Hall–Kier alpha value is -1.56. The quantitative estimate of drug-likeness (QED) is 0.399. The number of sulfonamides is 1. The summed E-state index contributed by atoms with van der Waals surface area (Å²) in [6.07, 6.45) is -7.34. The van der Waals surface area contributed by atoms with Crippen LogP contribution in [-0.4, -0.2) is 65.8 Å². The summed E-state index contributed by atoms with van der Waals surface area (Å²) in [4.78, 5) is 11.4. The number of carbonyl (C=O) groups is 1. The summed E-state index contributed by atoms with van der Waals surface area (Å²) in [5, 5.41) is 38.9. The van der Waals surface area contributed by atoms with Crippen LogP contribution in [0.15, 0.2) is 23.1 Å². The zero-order chi connectivity index (χ0) is 16.9. The number of hydrogen-bond acceptors (Lipinski definition) is 8. The fourth-order valence-corrected chi connectivity index (χ4v) is 4.25. The zero-order valence-corrected chi connectivity index (χ0v) is 12.5. The Morgan fingerprint density at radius 2 is 1.83 bits per heavy atom. The van der Waals surface area contributed by atoms with Crippen LogP contribution in [0.2, 0.25) is 0 Å². The Labute approximate surface area is 131 Å². The highest BCUT2D eigenvalue weighted by Gasteiger charge is 2.47. The lowest BCUT2D eigenvalue weighted by atomic mass is 9.90. The van der Waals surface area contributed by atoms with E-state index >= 15 is 0 Å². The Bertz CT molecular complexity index is 746. The first-order valence-electron chi connectivity index (χ1n) is 6.78. The van der Waals surface area contributed by atoms with E-state index in [0.717, 1.165) is 0 Å². The van der Waals surface area contributed by atoms with E-state index in [1.165, 1.54) is 18.2 Å². The summed E-state index contributed by atoms with van der Waals surface area (Å²) in [6, 6.07) is 4.06. The number of amides is 1. The number of carbonyl (C=O) groups excluding carboxylic acids is 1. The van der Waals surface area contributed by atoms with Crippen molar-refractivity contribution < 1.29 is 38.4 Å². The maximum atomic E-state index is 12.1. The third kappa shape index (κ3) is 2.43. The number of ether oxygens (including phenoxy) is 1. The topological polar surface area (TPSA) is 153 Å². The first kappa shape index (κ1) is 16.3. The molecular weight excluding hydrogens is 330 g/mol. The van der Waals surface area contributed by atoms with Crippen LogP contribution in [0, 0.1) is 0 Å². The molecule has 0 unspecified atom stereocenters. The average molecular weight is 345 g/mol. The minimum atomic E-state index is -4.11. The standard InChI is InChI=1S/C13H15NO8S/c15-4-7-8(16)9(17)10(18)11(22-7)5-2-1-3-6-12(5)23(20,21)14-13(6)19/h1-3,7-11,15-18H,4H2,(H,14,19)/t7-,8-,9+,10-,11-/m1/s1. The molecule has 10 heteroatoms. The van der Waals surface area contributed by atoms with E-state index in [1.54, 1.807) is 0 Å². The molecule has 1 amide bonds. The third-order valence-corrected chi connectivity index (χ3v) is 5.43. The number of aliphatic hydroxyl groups excluding tert-OH is 4. The molecule has 5 N–H and O–H groups in total. The van der Waals surface area contributed by atoms with Gasteiger partial charge in [0, 0.05) is 5.56 Å². The molecule has 0 saturated carbocycles. The predicted octanol–water partition coefficient (Wildman–Crippen LogP) is -2.37. The smallest absolute Gasteiger partial charge is 0.266 e. The molecule has 9 nitrogen and oxygen atoms in total. The number of aliphatic hydroxyl groups is 4. The molecule has 126 valence electrons. The van der Waals surface area contributed by atoms with Crippen LogP contribution in [-0.2, 0) is 14.8 Å². The maximum absolute atomic E-state index is 12.1. The molecule has 1 aromatic rings. The van der Waals surface area contributed by atoms with Crippen molar-refractivity contribution in [2.24, 2.45) is 0 Å². The number of rotatable bonds is 2. The molecule has 2 heterocycles. The van der Waals surface area contributed by atoms with Crippen LogP contribution >= 0.6 is 0 Å². The van der Waals surface area contributed by atoms with E-state index in [2.05, 4.69) is 0 Å². The molecule has 2 aliphatic rings. The Kier molecular flexibility index (Phi) is 3.91. The summed E-state index contributed by atoms with van der Waals surface area (Å²) < 4.78 is 31.4. The van der Waals surface area contributed by atoms with E-state index in [0.29, 0.717) is 0 Å². The molecule has 3 rings (SSSR count). The highest BCUT2D eigenvalue weighted by molar-refractivity contribution is 7.90. The SMILES string of the molecule is O=C1NS(=O)(=O)c2c1cccc2[C@H]1O[C@H](CO)[C@@H](O)[C@H](O)[C@H]1O. The number of nitrogens with one attached hydrogen (secondary N) is 1. The molecule has 1 aromatic carbocycles. The predicted molar refractivity (Wildman–Crippen MR) is 73.8 cm³/mol. The number of hydrogen-bond donors (Lipinski definition) is 5. The summed E-state index contributed by atoms with van der Waals surface area (Å²) in [6.45, 7) is -0.638. The minimum absolute atomic E-state index is 0.0299. The van der Waals surface area contributed by atoms with Gasteiger partial charge in [0.2, 0.25) is 0 Å². The molecule has 0 radical (unpaired) electrons. The van der Waals surface area contributed by atoms with Gasteiger partial charge in [-0.25, -0.2) is 13.1 Å². The minimum Gasteiger partial charge on any atom is -0.394 e. The fraction of sp³-hybridized carbons (Fsp3) is 0.462. The molecule has 2 aliphatic heterocycles. The van der Waals surface area contributed by atoms with Crippen LogP contribution in [0.5, 0.6) is 0 Å². The van der Waals surface area contributed by atoms with Crippen molar-refractivity contribution in [1.29, 1.82) is 0 Å².